The summed E-state index contributed by atoms with van der Waals surface area (Å²) in [4.78, 5) is 22.9. The van der Waals surface area contributed by atoms with Gasteiger partial charge in [-0.25, -0.2) is 0 Å². The predicted molar refractivity (Wildman–Crippen MR) is 92.1 cm³/mol. The highest BCUT2D eigenvalue weighted by Gasteiger charge is 2.51. The zero-order valence-electron chi connectivity index (χ0n) is 15.1. The van der Waals surface area contributed by atoms with Gasteiger partial charge in [0.25, 0.3) is 0 Å². The second kappa shape index (κ2) is 11.8. The Balaban J connectivity index is 5.75. The molecule has 2 amide bonds. The van der Waals surface area contributed by atoms with Crippen molar-refractivity contribution >= 4 is 27.0 Å². The van der Waals surface area contributed by atoms with Crippen LogP contribution in [0.1, 0.15) is 40.5 Å². The first-order chi connectivity index (χ1) is 11.7. The van der Waals surface area contributed by atoms with Crippen LogP contribution in [0.5, 0.6) is 0 Å². The number of carbonyl (C=O) groups is 2. The Morgan fingerprint density at radius 3 is 1.48 bits per heavy atom. The van der Waals surface area contributed by atoms with E-state index in [-0.39, 0.29) is 39.3 Å². The number of amides is 2. The molecule has 148 valence electrons. The minimum Gasteiger partial charge on any atom is -0.370 e. The SMILES string of the molecule is CCOP(=O)(OCC)C(NC(=O)CCC(N)=O)P(=O)(OCC)OCC. The van der Waals surface area contributed by atoms with Gasteiger partial charge in [-0.15, -0.1) is 0 Å². The first kappa shape index (κ1) is 24.2. The highest BCUT2D eigenvalue weighted by molar-refractivity contribution is 7.72. The molecule has 0 saturated heterocycles. The van der Waals surface area contributed by atoms with Gasteiger partial charge in [0.2, 0.25) is 17.3 Å². The lowest BCUT2D eigenvalue weighted by Gasteiger charge is -2.31. The van der Waals surface area contributed by atoms with E-state index in [4.69, 9.17) is 23.8 Å². The molecule has 0 radical (unpaired) electrons. The molecule has 25 heavy (non-hydrogen) atoms. The standard InChI is InChI=1S/C13H28N2O8P2/c1-5-20-24(18,21-6-2)13(15-12(17)10-9-11(14)16)25(19,22-7-3)23-8-4/h13H,5-10H2,1-4H3,(H2,14,16)(H,15,17). The maximum Gasteiger partial charge on any atom is 0.365 e. The van der Waals surface area contributed by atoms with Gasteiger partial charge in [0, 0.05) is 12.8 Å². The van der Waals surface area contributed by atoms with Crippen LogP contribution in [0, 0.1) is 0 Å². The zero-order valence-corrected chi connectivity index (χ0v) is 16.8. The molecule has 0 aromatic rings. The summed E-state index contributed by atoms with van der Waals surface area (Å²) in [5.74, 6) is -1.38. The van der Waals surface area contributed by atoms with Crippen LogP contribution >= 0.6 is 15.2 Å². The summed E-state index contributed by atoms with van der Waals surface area (Å²) in [6, 6.07) is 0. The number of nitrogens with two attached hydrogens (primary N) is 1. The fraction of sp³-hybridized carbons (Fsp3) is 0.846. The highest BCUT2D eigenvalue weighted by atomic mass is 31.2. The molecule has 12 heteroatoms. The summed E-state index contributed by atoms with van der Waals surface area (Å²) in [7, 11) is -8.15. The predicted octanol–water partition coefficient (Wildman–Crippen LogP) is 2.18. The average Bonchev–Trinajstić information content (AvgIpc) is 2.51. The molecule has 0 aromatic carbocycles. The largest absolute Gasteiger partial charge is 0.370 e. The van der Waals surface area contributed by atoms with Gasteiger partial charge in [-0.3, -0.25) is 18.7 Å². The summed E-state index contributed by atoms with van der Waals surface area (Å²) in [6.45, 7) is 6.25. The summed E-state index contributed by atoms with van der Waals surface area (Å²) in [5, 5.41) is 2.32. The lowest BCUT2D eigenvalue weighted by Crippen LogP contribution is -2.37. The topological polar surface area (TPSA) is 143 Å². The smallest absolute Gasteiger partial charge is 0.365 e. The van der Waals surface area contributed by atoms with Crippen LogP contribution in [0.15, 0.2) is 0 Å². The Morgan fingerprint density at radius 1 is 0.840 bits per heavy atom. The van der Waals surface area contributed by atoms with Crippen molar-refractivity contribution < 1.29 is 36.8 Å². The molecule has 0 unspecified atom stereocenters. The molecule has 0 fully saturated rings. The van der Waals surface area contributed by atoms with Crippen molar-refractivity contribution in [1.82, 2.24) is 5.32 Å². The minimum atomic E-state index is -4.07. The van der Waals surface area contributed by atoms with Crippen molar-refractivity contribution in [3.8, 4) is 0 Å². The maximum absolute atomic E-state index is 13.1. The molecule has 0 aliphatic rings. The molecule has 0 atom stereocenters. The van der Waals surface area contributed by atoms with Crippen molar-refractivity contribution in [1.29, 1.82) is 0 Å². The Hall–Kier alpha value is -0.760. The number of hydrogen-bond donors (Lipinski definition) is 2. The van der Waals surface area contributed by atoms with Gasteiger partial charge >= 0.3 is 15.2 Å². The van der Waals surface area contributed by atoms with Crippen LogP contribution in [-0.4, -0.2) is 43.8 Å². The Labute approximate surface area is 148 Å². The second-order valence-electron chi connectivity index (χ2n) is 4.66. The van der Waals surface area contributed by atoms with E-state index >= 15 is 0 Å². The number of nitrogens with one attached hydrogen (secondary N) is 1. The number of primary amides is 1. The van der Waals surface area contributed by atoms with E-state index in [1.54, 1.807) is 27.7 Å². The second-order valence-corrected chi connectivity index (χ2v) is 9.29. The zero-order chi connectivity index (χ0) is 19.5. The van der Waals surface area contributed by atoms with E-state index in [2.05, 4.69) is 5.32 Å². The number of hydrogen-bond acceptors (Lipinski definition) is 8. The summed E-state index contributed by atoms with van der Waals surface area (Å²) < 4.78 is 47.0. The van der Waals surface area contributed by atoms with E-state index in [0.29, 0.717) is 0 Å². The van der Waals surface area contributed by atoms with Crippen molar-refractivity contribution in [3.63, 3.8) is 0 Å². The lowest BCUT2D eigenvalue weighted by molar-refractivity contribution is -0.125. The quantitative estimate of drug-likeness (QED) is 0.421. The van der Waals surface area contributed by atoms with Gasteiger partial charge in [0.15, 0.2) is 0 Å². The first-order valence-corrected chi connectivity index (χ1v) is 11.3. The summed E-state index contributed by atoms with van der Waals surface area (Å²) in [6.07, 6.45) is -0.498. The van der Waals surface area contributed by atoms with E-state index < -0.39 is 32.5 Å². The maximum atomic E-state index is 13.1. The van der Waals surface area contributed by atoms with Crippen LogP contribution in [-0.2, 0) is 36.8 Å². The minimum absolute atomic E-state index is 0.0107. The lowest BCUT2D eigenvalue weighted by atomic mass is 10.3. The van der Waals surface area contributed by atoms with Gasteiger partial charge in [-0.2, -0.15) is 0 Å². The molecule has 0 aliphatic carbocycles. The van der Waals surface area contributed by atoms with Crippen molar-refractivity contribution in [2.24, 2.45) is 5.73 Å². The van der Waals surface area contributed by atoms with Gasteiger partial charge in [0.05, 0.1) is 26.4 Å². The molecule has 0 heterocycles. The van der Waals surface area contributed by atoms with Crippen LogP contribution < -0.4 is 11.1 Å². The molecule has 0 aromatic heterocycles. The molecule has 10 nitrogen and oxygen atoms in total. The summed E-state index contributed by atoms with van der Waals surface area (Å²) >= 11 is 0. The van der Waals surface area contributed by atoms with E-state index in [1.165, 1.54) is 0 Å². The van der Waals surface area contributed by atoms with E-state index in [9.17, 15) is 18.7 Å². The highest BCUT2D eigenvalue weighted by Crippen LogP contribution is 2.69. The monoisotopic (exact) mass is 402 g/mol. The molecule has 0 bridgehead atoms. The van der Waals surface area contributed by atoms with Crippen LogP contribution in [0.2, 0.25) is 0 Å². The average molecular weight is 402 g/mol. The fourth-order valence-corrected chi connectivity index (χ4v) is 6.80. The molecular formula is C13H28N2O8P2. The van der Waals surface area contributed by atoms with Crippen LogP contribution in [0.3, 0.4) is 0 Å². The molecule has 3 N–H and O–H groups in total. The Kier molecular flexibility index (Phi) is 11.4. The Bertz CT molecular complexity index is 478. The molecule has 0 rings (SSSR count). The van der Waals surface area contributed by atoms with E-state index in [0.717, 1.165) is 0 Å². The van der Waals surface area contributed by atoms with Gasteiger partial charge in [-0.1, -0.05) is 0 Å². The normalized spacial score (nSPS) is 12.4. The fourth-order valence-electron chi connectivity index (χ4n) is 1.86. The van der Waals surface area contributed by atoms with Crippen LogP contribution in [0.4, 0.5) is 0 Å². The first-order valence-electron chi connectivity index (χ1n) is 8.04. The van der Waals surface area contributed by atoms with Crippen molar-refractivity contribution in [3.05, 3.63) is 0 Å². The number of carbonyl (C=O) groups excluding carboxylic acids is 2. The van der Waals surface area contributed by atoms with Crippen molar-refractivity contribution in [2.45, 2.75) is 46.1 Å². The summed E-state index contributed by atoms with van der Waals surface area (Å²) in [5.41, 5.74) is 3.35. The third kappa shape index (κ3) is 7.98. The van der Waals surface area contributed by atoms with E-state index in [1.807, 2.05) is 0 Å². The van der Waals surface area contributed by atoms with Gasteiger partial charge < -0.3 is 29.1 Å². The van der Waals surface area contributed by atoms with Crippen LogP contribution in [0.25, 0.3) is 0 Å². The molecule has 0 aliphatic heterocycles. The third-order valence-electron chi connectivity index (χ3n) is 2.72. The molecule has 0 saturated carbocycles. The van der Waals surface area contributed by atoms with Gasteiger partial charge in [-0.05, 0) is 27.7 Å². The Morgan fingerprint density at radius 2 is 1.20 bits per heavy atom. The number of rotatable bonds is 14. The molecule has 0 spiro atoms. The van der Waals surface area contributed by atoms with Crippen molar-refractivity contribution in [2.75, 3.05) is 26.4 Å². The molecular weight excluding hydrogens is 374 g/mol. The third-order valence-corrected chi connectivity index (χ3v) is 8.35. The van der Waals surface area contributed by atoms with Gasteiger partial charge in [0.1, 0.15) is 0 Å².